The Bertz CT molecular complexity index is 82.1. The summed E-state index contributed by atoms with van der Waals surface area (Å²) in [5.74, 6) is 0. The second kappa shape index (κ2) is 7.91. The maximum Gasteiger partial charge on any atom is 0.704 e. The molecule has 0 unspecified atom stereocenters. The van der Waals surface area contributed by atoms with Gasteiger partial charge in [-0.05, 0) is 6.42 Å². The van der Waals surface area contributed by atoms with E-state index in [0.717, 1.165) is 19.3 Å². The summed E-state index contributed by atoms with van der Waals surface area (Å²) in [7, 11) is -1.83. The van der Waals surface area contributed by atoms with Crippen molar-refractivity contribution in [1.29, 1.82) is 0 Å². The van der Waals surface area contributed by atoms with Gasteiger partial charge in [0.15, 0.2) is 0 Å². The molecule has 0 bridgehead atoms. The topological polar surface area (TPSA) is 27.7 Å². The van der Waals surface area contributed by atoms with Gasteiger partial charge in [-0.1, -0.05) is 28.8 Å². The zero-order chi connectivity index (χ0) is 8.53. The van der Waals surface area contributed by atoms with Crippen LogP contribution in [0.25, 0.3) is 0 Å². The second-order valence-electron chi connectivity index (χ2n) is 2.04. The highest BCUT2D eigenvalue weighted by Gasteiger charge is 2.23. The minimum absolute atomic E-state index is 0.229. The van der Waals surface area contributed by atoms with Gasteiger partial charge in [0.2, 0.25) is 0 Å². The van der Waals surface area contributed by atoms with Crippen molar-refractivity contribution < 1.29 is 23.4 Å². The minimum atomic E-state index is -1.83. The van der Waals surface area contributed by atoms with Crippen LogP contribution in [0.5, 0.6) is 0 Å². The predicted octanol–water partition coefficient (Wildman–Crippen LogP) is 1.98. The molecule has 0 fully saturated rings. The minimum Gasteiger partial charge on any atom is -0.383 e. The molecule has 0 aromatic rings. The first-order valence-electron chi connectivity index (χ1n) is 3.51. The molecular formula is C5H11BF2O3. The Morgan fingerprint density at radius 2 is 1.82 bits per heavy atom. The van der Waals surface area contributed by atoms with Crippen LogP contribution in [0.1, 0.15) is 26.2 Å². The van der Waals surface area contributed by atoms with Crippen molar-refractivity contribution in [3.05, 3.63) is 0 Å². The summed E-state index contributed by atoms with van der Waals surface area (Å²) in [5.41, 5.74) is 0. The van der Waals surface area contributed by atoms with Crippen LogP contribution in [0.4, 0.5) is 9.05 Å². The lowest BCUT2D eigenvalue weighted by Crippen LogP contribution is -2.21. The first-order chi connectivity index (χ1) is 5.35. The van der Waals surface area contributed by atoms with Crippen molar-refractivity contribution in [3.8, 4) is 0 Å². The first kappa shape index (κ1) is 10.8. The lowest BCUT2D eigenvalue weighted by molar-refractivity contribution is -0.142. The number of rotatable bonds is 7. The summed E-state index contributed by atoms with van der Waals surface area (Å²) < 4.78 is 26.8. The zero-order valence-electron chi connectivity index (χ0n) is 6.39. The second-order valence-corrected chi connectivity index (χ2v) is 2.04. The van der Waals surface area contributed by atoms with E-state index in [1.54, 1.807) is 0 Å². The van der Waals surface area contributed by atoms with E-state index in [1.165, 1.54) is 0 Å². The summed E-state index contributed by atoms with van der Waals surface area (Å²) in [5, 5.41) is 0. The molecule has 0 aliphatic heterocycles. The summed E-state index contributed by atoms with van der Waals surface area (Å²) in [4.78, 5) is 5.92. The summed E-state index contributed by atoms with van der Waals surface area (Å²) >= 11 is 0. The van der Waals surface area contributed by atoms with E-state index >= 15 is 0 Å². The molecule has 0 amide bonds. The normalized spacial score (nSPS) is 10.1. The van der Waals surface area contributed by atoms with Gasteiger partial charge in [0.25, 0.3) is 0 Å². The van der Waals surface area contributed by atoms with E-state index in [2.05, 4.69) is 14.4 Å². The molecule has 0 heterocycles. The number of hydrogen-bond donors (Lipinski definition) is 0. The molecule has 6 heteroatoms. The fourth-order valence-corrected chi connectivity index (χ4v) is 0.597. The number of halogens is 2. The van der Waals surface area contributed by atoms with Crippen molar-refractivity contribution in [2.75, 3.05) is 6.61 Å². The van der Waals surface area contributed by atoms with Crippen molar-refractivity contribution in [2.24, 2.45) is 0 Å². The maximum atomic E-state index is 11.2. The third kappa shape index (κ3) is 6.21. The lowest BCUT2D eigenvalue weighted by atomic mass is 10.2. The average molecular weight is 168 g/mol. The first-order valence-corrected chi connectivity index (χ1v) is 3.51. The third-order valence-corrected chi connectivity index (χ3v) is 1.15. The van der Waals surface area contributed by atoms with Gasteiger partial charge >= 0.3 is 7.32 Å². The Hall–Kier alpha value is -0.195. The van der Waals surface area contributed by atoms with Crippen LogP contribution >= 0.6 is 0 Å². The smallest absolute Gasteiger partial charge is 0.383 e. The molecule has 66 valence electrons. The van der Waals surface area contributed by atoms with Gasteiger partial charge in [-0.2, -0.15) is 9.72 Å². The highest BCUT2D eigenvalue weighted by Crippen LogP contribution is 1.98. The molecule has 0 radical (unpaired) electrons. The predicted molar refractivity (Wildman–Crippen MR) is 35.6 cm³/mol. The number of hydrogen-bond acceptors (Lipinski definition) is 3. The molecule has 0 aliphatic rings. The fraction of sp³-hybridized carbons (Fsp3) is 1.00. The standard InChI is InChI=1S/C5H11BF2O3/c1-2-3-4-5-9-6(10-7)11-8/h2-5H2,1H3. The quantitative estimate of drug-likeness (QED) is 0.429. The van der Waals surface area contributed by atoms with E-state index in [9.17, 15) is 9.05 Å². The largest absolute Gasteiger partial charge is 0.704 e. The van der Waals surface area contributed by atoms with Gasteiger partial charge in [-0.25, -0.2) is 0 Å². The zero-order valence-corrected chi connectivity index (χ0v) is 6.39. The molecular weight excluding hydrogens is 157 g/mol. The van der Waals surface area contributed by atoms with Gasteiger partial charge in [0.05, 0.1) is 0 Å². The molecule has 0 rings (SSSR count). The number of unbranched alkanes of at least 4 members (excludes halogenated alkanes) is 2. The van der Waals surface area contributed by atoms with Crippen molar-refractivity contribution >= 4 is 7.32 Å². The van der Waals surface area contributed by atoms with Crippen LogP contribution in [0, 0.1) is 0 Å². The monoisotopic (exact) mass is 168 g/mol. The highest BCUT2D eigenvalue weighted by atomic mass is 19.3. The van der Waals surface area contributed by atoms with Crippen LogP contribution < -0.4 is 0 Å². The van der Waals surface area contributed by atoms with Gasteiger partial charge in [0.1, 0.15) is 0 Å². The summed E-state index contributed by atoms with van der Waals surface area (Å²) in [6.45, 7) is 2.24. The van der Waals surface area contributed by atoms with Gasteiger partial charge in [-0.15, -0.1) is 0 Å². The van der Waals surface area contributed by atoms with E-state index in [0.29, 0.717) is 0 Å². The fourth-order valence-electron chi connectivity index (χ4n) is 0.597. The molecule has 3 nitrogen and oxygen atoms in total. The van der Waals surface area contributed by atoms with Gasteiger partial charge < -0.3 is 4.65 Å². The molecule has 0 aromatic carbocycles. The highest BCUT2D eigenvalue weighted by molar-refractivity contribution is 6.35. The van der Waals surface area contributed by atoms with Crippen molar-refractivity contribution in [3.63, 3.8) is 0 Å². The van der Waals surface area contributed by atoms with Crippen LogP contribution in [0.3, 0.4) is 0 Å². The molecule has 0 spiro atoms. The molecule has 0 saturated heterocycles. The van der Waals surface area contributed by atoms with Crippen molar-refractivity contribution in [1.82, 2.24) is 0 Å². The van der Waals surface area contributed by atoms with Crippen LogP contribution in [-0.2, 0) is 14.4 Å². The van der Waals surface area contributed by atoms with E-state index < -0.39 is 7.32 Å². The lowest BCUT2D eigenvalue weighted by Gasteiger charge is -2.02. The van der Waals surface area contributed by atoms with E-state index in [-0.39, 0.29) is 6.61 Å². The Balaban J connectivity index is 3.07. The SMILES string of the molecule is CCCCCOB(OF)OF. The Kier molecular flexibility index (Phi) is 7.77. The molecule has 0 aromatic heterocycles. The molecule has 0 aliphatic carbocycles. The van der Waals surface area contributed by atoms with Gasteiger partial charge in [0, 0.05) is 6.61 Å². The Morgan fingerprint density at radius 1 is 1.18 bits per heavy atom. The van der Waals surface area contributed by atoms with Crippen LogP contribution in [0.2, 0.25) is 0 Å². The molecule has 0 saturated carbocycles. The molecule has 11 heavy (non-hydrogen) atoms. The summed E-state index contributed by atoms with van der Waals surface area (Å²) in [6, 6.07) is 0. The maximum absolute atomic E-state index is 11.2. The van der Waals surface area contributed by atoms with Crippen LogP contribution in [-0.4, -0.2) is 13.9 Å². The summed E-state index contributed by atoms with van der Waals surface area (Å²) in [6.07, 6.45) is 2.70. The Morgan fingerprint density at radius 3 is 2.27 bits per heavy atom. The molecule has 0 N–H and O–H groups in total. The van der Waals surface area contributed by atoms with Crippen molar-refractivity contribution in [2.45, 2.75) is 26.2 Å². The van der Waals surface area contributed by atoms with E-state index in [4.69, 9.17) is 0 Å². The molecule has 0 atom stereocenters. The van der Waals surface area contributed by atoms with E-state index in [1.807, 2.05) is 6.92 Å². The van der Waals surface area contributed by atoms with Gasteiger partial charge in [-0.3, -0.25) is 0 Å². The Labute approximate surface area is 64.6 Å². The van der Waals surface area contributed by atoms with Crippen LogP contribution in [0.15, 0.2) is 0 Å². The third-order valence-electron chi connectivity index (χ3n) is 1.15. The average Bonchev–Trinajstić information content (AvgIpc) is 2.05.